The molecular formula is C12H12Cl2N2O. The van der Waals surface area contributed by atoms with Crippen LogP contribution in [-0.4, -0.2) is 5.16 Å². The molecule has 0 radical (unpaired) electrons. The molecule has 0 aliphatic rings. The Morgan fingerprint density at radius 1 is 1.18 bits per heavy atom. The van der Waals surface area contributed by atoms with E-state index in [2.05, 4.69) is 5.16 Å². The topological polar surface area (TPSA) is 52.0 Å². The molecule has 2 aromatic rings. The largest absolute Gasteiger partial charge is 0.381 e. The molecule has 0 fully saturated rings. The zero-order valence-corrected chi connectivity index (χ0v) is 11.0. The molecule has 0 saturated carbocycles. The van der Waals surface area contributed by atoms with E-state index in [9.17, 15) is 0 Å². The highest BCUT2D eigenvalue weighted by atomic mass is 35.5. The molecule has 0 amide bonds. The highest BCUT2D eigenvalue weighted by Crippen LogP contribution is 2.35. The van der Waals surface area contributed by atoms with Gasteiger partial charge in [0.2, 0.25) is 0 Å². The lowest BCUT2D eigenvalue weighted by Crippen LogP contribution is -1.95. The number of rotatable bonds is 2. The van der Waals surface area contributed by atoms with Gasteiger partial charge >= 0.3 is 0 Å². The van der Waals surface area contributed by atoms with Gasteiger partial charge < -0.3 is 10.3 Å². The van der Waals surface area contributed by atoms with Crippen molar-refractivity contribution in [2.24, 2.45) is 0 Å². The molecule has 0 atom stereocenters. The van der Waals surface area contributed by atoms with Gasteiger partial charge in [-0.15, -0.1) is 0 Å². The van der Waals surface area contributed by atoms with E-state index in [0.29, 0.717) is 21.6 Å². The first-order valence-electron chi connectivity index (χ1n) is 5.20. The Morgan fingerprint density at radius 3 is 2.29 bits per heavy atom. The van der Waals surface area contributed by atoms with Crippen LogP contribution < -0.4 is 5.73 Å². The fourth-order valence-electron chi connectivity index (χ4n) is 1.76. The first-order chi connectivity index (χ1) is 7.99. The number of nitrogens with zero attached hydrogens (tertiary/aromatic N) is 1. The number of benzene rings is 1. The van der Waals surface area contributed by atoms with Crippen molar-refractivity contribution in [3.63, 3.8) is 0 Å². The molecule has 1 aromatic heterocycles. The lowest BCUT2D eigenvalue weighted by Gasteiger charge is -2.06. The van der Waals surface area contributed by atoms with Gasteiger partial charge in [-0.1, -0.05) is 42.2 Å². The number of anilines is 1. The molecule has 3 nitrogen and oxygen atoms in total. The number of halogens is 2. The summed E-state index contributed by atoms with van der Waals surface area (Å²) in [5.74, 6) is 1.25. The summed E-state index contributed by atoms with van der Waals surface area (Å²) in [5, 5.41) is 4.90. The van der Waals surface area contributed by atoms with Gasteiger partial charge in [0.1, 0.15) is 0 Å². The van der Waals surface area contributed by atoms with E-state index in [1.54, 1.807) is 18.2 Å². The normalized spacial score (nSPS) is 11.1. The van der Waals surface area contributed by atoms with E-state index in [-0.39, 0.29) is 5.92 Å². The molecule has 0 bridgehead atoms. The maximum Gasteiger partial charge on any atom is 0.172 e. The third kappa shape index (κ3) is 2.40. The first kappa shape index (κ1) is 12.3. The Labute approximate surface area is 109 Å². The van der Waals surface area contributed by atoms with Crippen LogP contribution in [0.1, 0.15) is 25.3 Å². The number of nitrogen functional groups attached to an aromatic ring is 1. The Hall–Kier alpha value is -1.19. The van der Waals surface area contributed by atoms with E-state index in [0.717, 1.165) is 11.1 Å². The van der Waals surface area contributed by atoms with Crippen LogP contribution in [0, 0.1) is 0 Å². The van der Waals surface area contributed by atoms with Crippen molar-refractivity contribution in [3.8, 4) is 11.3 Å². The average Bonchev–Trinajstić information content (AvgIpc) is 2.58. The molecule has 0 unspecified atom stereocenters. The summed E-state index contributed by atoms with van der Waals surface area (Å²) in [6.07, 6.45) is 0. The van der Waals surface area contributed by atoms with Crippen LogP contribution in [0.2, 0.25) is 10.0 Å². The van der Waals surface area contributed by atoms with Crippen molar-refractivity contribution in [2.45, 2.75) is 19.8 Å². The number of aromatic nitrogens is 1. The highest BCUT2D eigenvalue weighted by Gasteiger charge is 2.19. The molecule has 2 N–H and O–H groups in total. The van der Waals surface area contributed by atoms with E-state index >= 15 is 0 Å². The lowest BCUT2D eigenvalue weighted by molar-refractivity contribution is 0.434. The molecule has 0 aliphatic carbocycles. The van der Waals surface area contributed by atoms with Gasteiger partial charge in [-0.2, -0.15) is 0 Å². The fourth-order valence-corrected chi connectivity index (χ4v) is 2.29. The van der Waals surface area contributed by atoms with Crippen molar-refractivity contribution >= 4 is 29.0 Å². The Bertz CT molecular complexity index is 529. The molecule has 0 aliphatic heterocycles. The Kier molecular flexibility index (Phi) is 3.31. The summed E-state index contributed by atoms with van der Waals surface area (Å²) >= 11 is 11.9. The molecule has 5 heteroatoms. The van der Waals surface area contributed by atoms with Gasteiger partial charge in [0.05, 0.1) is 0 Å². The molecule has 0 saturated heterocycles. The van der Waals surface area contributed by atoms with Crippen molar-refractivity contribution in [1.82, 2.24) is 5.16 Å². The smallest absolute Gasteiger partial charge is 0.172 e. The van der Waals surface area contributed by atoms with Gasteiger partial charge in [0.25, 0.3) is 0 Å². The summed E-state index contributed by atoms with van der Waals surface area (Å²) in [4.78, 5) is 0. The molecular weight excluding hydrogens is 259 g/mol. The van der Waals surface area contributed by atoms with Crippen LogP contribution >= 0.6 is 23.2 Å². The standard InChI is InChI=1S/C12H12Cl2N2O/c1-6(2)10-11(17-16-12(10)15)7-3-8(13)5-9(14)4-7/h3-6H,1-2H3,(H2,15,16). The van der Waals surface area contributed by atoms with E-state index in [1.807, 2.05) is 13.8 Å². The summed E-state index contributed by atoms with van der Waals surface area (Å²) in [6, 6.07) is 5.22. The highest BCUT2D eigenvalue weighted by molar-refractivity contribution is 6.35. The second kappa shape index (κ2) is 4.59. The van der Waals surface area contributed by atoms with Gasteiger partial charge in [-0.25, -0.2) is 0 Å². The summed E-state index contributed by atoms with van der Waals surface area (Å²) in [7, 11) is 0. The van der Waals surface area contributed by atoms with Gasteiger partial charge in [0, 0.05) is 21.2 Å². The molecule has 1 aromatic carbocycles. The third-order valence-corrected chi connectivity index (χ3v) is 2.89. The van der Waals surface area contributed by atoms with Crippen LogP contribution in [0.15, 0.2) is 22.7 Å². The quantitative estimate of drug-likeness (QED) is 0.883. The average molecular weight is 271 g/mol. The maximum atomic E-state index is 5.96. The minimum atomic E-state index is 0.217. The molecule has 1 heterocycles. The lowest BCUT2D eigenvalue weighted by atomic mass is 9.99. The Balaban J connectivity index is 2.60. The minimum absolute atomic E-state index is 0.217. The summed E-state index contributed by atoms with van der Waals surface area (Å²) in [6.45, 7) is 4.05. The van der Waals surface area contributed by atoms with Crippen LogP contribution in [-0.2, 0) is 0 Å². The van der Waals surface area contributed by atoms with Gasteiger partial charge in [0.15, 0.2) is 11.6 Å². The molecule has 2 rings (SSSR count). The van der Waals surface area contributed by atoms with Gasteiger partial charge in [-0.3, -0.25) is 0 Å². The summed E-state index contributed by atoms with van der Waals surface area (Å²) < 4.78 is 5.26. The second-order valence-corrected chi connectivity index (χ2v) is 5.00. The van der Waals surface area contributed by atoms with E-state index in [1.165, 1.54) is 0 Å². The second-order valence-electron chi connectivity index (χ2n) is 4.12. The van der Waals surface area contributed by atoms with E-state index < -0.39 is 0 Å². The van der Waals surface area contributed by atoms with Crippen molar-refractivity contribution in [2.75, 3.05) is 5.73 Å². The van der Waals surface area contributed by atoms with Crippen LogP contribution in [0.25, 0.3) is 11.3 Å². The molecule has 17 heavy (non-hydrogen) atoms. The maximum absolute atomic E-state index is 5.96. The summed E-state index contributed by atoms with van der Waals surface area (Å²) in [5.41, 5.74) is 7.45. The molecule has 90 valence electrons. The predicted octanol–water partition coefficient (Wildman–Crippen LogP) is 4.35. The number of hydrogen-bond acceptors (Lipinski definition) is 3. The monoisotopic (exact) mass is 270 g/mol. The van der Waals surface area contributed by atoms with Crippen LogP contribution in [0.4, 0.5) is 5.82 Å². The fraction of sp³-hybridized carbons (Fsp3) is 0.250. The van der Waals surface area contributed by atoms with E-state index in [4.69, 9.17) is 33.5 Å². The van der Waals surface area contributed by atoms with Crippen molar-refractivity contribution < 1.29 is 4.52 Å². The zero-order chi connectivity index (χ0) is 12.6. The van der Waals surface area contributed by atoms with Crippen molar-refractivity contribution in [1.29, 1.82) is 0 Å². The third-order valence-electron chi connectivity index (χ3n) is 2.46. The first-order valence-corrected chi connectivity index (χ1v) is 5.96. The van der Waals surface area contributed by atoms with Crippen LogP contribution in [0.5, 0.6) is 0 Å². The minimum Gasteiger partial charge on any atom is -0.381 e. The van der Waals surface area contributed by atoms with Crippen molar-refractivity contribution in [3.05, 3.63) is 33.8 Å². The van der Waals surface area contributed by atoms with Gasteiger partial charge in [-0.05, 0) is 24.1 Å². The van der Waals surface area contributed by atoms with Crippen LogP contribution in [0.3, 0.4) is 0 Å². The predicted molar refractivity (Wildman–Crippen MR) is 70.5 cm³/mol. The molecule has 0 spiro atoms. The Morgan fingerprint density at radius 2 is 1.76 bits per heavy atom. The SMILES string of the molecule is CC(C)c1c(N)noc1-c1cc(Cl)cc(Cl)c1. The number of nitrogens with two attached hydrogens (primary N) is 1. The zero-order valence-electron chi connectivity index (χ0n) is 9.50. The number of hydrogen-bond donors (Lipinski definition) is 1.